The number of rotatable bonds is 10. The lowest BCUT2D eigenvalue weighted by Gasteiger charge is -2.37. The van der Waals surface area contributed by atoms with Crippen LogP contribution in [0.1, 0.15) is 61.5 Å². The average molecular weight is 641 g/mol. The van der Waals surface area contributed by atoms with Gasteiger partial charge in [0.1, 0.15) is 17.9 Å². The molecule has 240 valence electrons. The van der Waals surface area contributed by atoms with Gasteiger partial charge in [-0.3, -0.25) is 9.59 Å². The quantitative estimate of drug-likeness (QED) is 0.318. The van der Waals surface area contributed by atoms with E-state index in [2.05, 4.69) is 25.7 Å². The minimum absolute atomic E-state index is 0.00793. The highest BCUT2D eigenvalue weighted by atomic mass is 32.2. The maximum absolute atomic E-state index is 13.5. The first-order valence-corrected chi connectivity index (χ1v) is 16.2. The molecule has 1 aromatic carbocycles. The van der Waals surface area contributed by atoms with Gasteiger partial charge in [-0.2, -0.15) is 13.9 Å². The van der Waals surface area contributed by atoms with Crippen LogP contribution >= 0.6 is 11.8 Å². The summed E-state index contributed by atoms with van der Waals surface area (Å²) < 4.78 is 33.4. The Morgan fingerprint density at radius 3 is 2.67 bits per heavy atom. The Morgan fingerprint density at radius 2 is 1.93 bits per heavy atom. The van der Waals surface area contributed by atoms with E-state index in [1.165, 1.54) is 29.6 Å². The van der Waals surface area contributed by atoms with E-state index in [4.69, 9.17) is 4.74 Å². The van der Waals surface area contributed by atoms with Gasteiger partial charge in [0, 0.05) is 53.4 Å². The SMILES string of the molecule is CC(C)Sc1ccc(OC(F)F)c(C2NN(CC(=O)N3CCC(N4CCCC4)CC3)C=C2NC(=O)c2cnn3cccnc23)c1. The highest BCUT2D eigenvalue weighted by Gasteiger charge is 2.34. The van der Waals surface area contributed by atoms with Crippen LogP contribution in [-0.4, -0.2) is 91.8 Å². The topological polar surface area (TPSA) is 107 Å². The highest BCUT2D eigenvalue weighted by Crippen LogP contribution is 2.37. The summed E-state index contributed by atoms with van der Waals surface area (Å²) in [4.78, 5) is 36.5. The Labute approximate surface area is 264 Å². The Hall–Kier alpha value is -3.75. The van der Waals surface area contributed by atoms with Crippen molar-refractivity contribution in [3.05, 3.63) is 65.9 Å². The molecule has 3 aliphatic rings. The third-order valence-corrected chi connectivity index (χ3v) is 9.34. The number of hydrazine groups is 1. The van der Waals surface area contributed by atoms with Crippen molar-refractivity contribution in [3.63, 3.8) is 0 Å². The number of benzene rings is 1. The second-order valence-corrected chi connectivity index (χ2v) is 13.4. The van der Waals surface area contributed by atoms with Crippen molar-refractivity contribution in [1.82, 2.24) is 40.1 Å². The number of thioether (sulfide) groups is 1. The molecule has 14 heteroatoms. The molecule has 1 unspecified atom stereocenters. The van der Waals surface area contributed by atoms with E-state index in [0.29, 0.717) is 36.0 Å². The van der Waals surface area contributed by atoms with E-state index in [1.807, 2.05) is 18.7 Å². The van der Waals surface area contributed by atoms with E-state index < -0.39 is 18.6 Å². The molecule has 45 heavy (non-hydrogen) atoms. The number of halogens is 2. The molecule has 3 aromatic rings. The van der Waals surface area contributed by atoms with Crippen molar-refractivity contribution >= 4 is 29.2 Å². The molecule has 0 saturated carbocycles. The van der Waals surface area contributed by atoms with Gasteiger partial charge in [0.05, 0.1) is 17.9 Å². The molecule has 2 amide bonds. The van der Waals surface area contributed by atoms with Crippen LogP contribution in [0.3, 0.4) is 0 Å². The second kappa shape index (κ2) is 13.7. The number of carbonyl (C=O) groups excluding carboxylic acids is 2. The summed E-state index contributed by atoms with van der Waals surface area (Å²) in [6, 6.07) is 6.48. The molecule has 0 spiro atoms. The maximum Gasteiger partial charge on any atom is 0.387 e. The van der Waals surface area contributed by atoms with Gasteiger partial charge in [0.15, 0.2) is 5.65 Å². The average Bonchev–Trinajstić information content (AvgIpc) is 3.78. The number of hydrogen-bond acceptors (Lipinski definition) is 9. The molecule has 0 bridgehead atoms. The van der Waals surface area contributed by atoms with Gasteiger partial charge in [-0.05, 0) is 63.0 Å². The highest BCUT2D eigenvalue weighted by molar-refractivity contribution is 7.99. The van der Waals surface area contributed by atoms with Crippen molar-refractivity contribution < 1.29 is 23.1 Å². The molecular formula is C31H38F2N8O3S. The summed E-state index contributed by atoms with van der Waals surface area (Å²) in [6.45, 7) is 4.70. The van der Waals surface area contributed by atoms with Crippen molar-refractivity contribution in [2.75, 3.05) is 32.7 Å². The fourth-order valence-corrected chi connectivity index (χ4v) is 7.15. The van der Waals surface area contributed by atoms with Crippen molar-refractivity contribution in [1.29, 1.82) is 0 Å². The number of nitrogens with one attached hydrogen (secondary N) is 2. The molecule has 2 saturated heterocycles. The van der Waals surface area contributed by atoms with E-state index in [9.17, 15) is 18.4 Å². The van der Waals surface area contributed by atoms with Crippen molar-refractivity contribution in [3.8, 4) is 5.75 Å². The number of aromatic nitrogens is 3. The zero-order valence-corrected chi connectivity index (χ0v) is 26.2. The second-order valence-electron chi connectivity index (χ2n) is 11.8. The molecule has 2 N–H and O–H groups in total. The predicted octanol–water partition coefficient (Wildman–Crippen LogP) is 4.05. The summed E-state index contributed by atoms with van der Waals surface area (Å²) in [7, 11) is 0. The number of likely N-dealkylation sites (tertiary alicyclic amines) is 2. The van der Waals surface area contributed by atoms with Gasteiger partial charge in [-0.1, -0.05) is 13.8 Å². The van der Waals surface area contributed by atoms with Crippen molar-refractivity contribution in [2.24, 2.45) is 0 Å². The number of fused-ring (bicyclic) bond motifs is 1. The Bertz CT molecular complexity index is 1550. The molecule has 1 atom stereocenters. The first-order valence-electron chi connectivity index (χ1n) is 15.4. The molecule has 5 heterocycles. The van der Waals surface area contributed by atoms with E-state index in [1.54, 1.807) is 53.6 Å². The number of hydrogen-bond donors (Lipinski definition) is 2. The fraction of sp³-hybridized carbons (Fsp3) is 0.484. The van der Waals surface area contributed by atoms with Gasteiger partial charge < -0.3 is 24.9 Å². The lowest BCUT2D eigenvalue weighted by Crippen LogP contribution is -2.49. The molecular weight excluding hydrogens is 602 g/mol. The molecule has 6 rings (SSSR count). The Morgan fingerprint density at radius 1 is 1.16 bits per heavy atom. The molecule has 2 fully saturated rings. The third-order valence-electron chi connectivity index (χ3n) is 8.34. The minimum atomic E-state index is -3.04. The molecule has 3 aliphatic heterocycles. The summed E-state index contributed by atoms with van der Waals surface area (Å²) in [5, 5.41) is 8.99. The van der Waals surface area contributed by atoms with Gasteiger partial charge >= 0.3 is 6.61 Å². The normalized spacial score (nSPS) is 19.6. The summed E-state index contributed by atoms with van der Waals surface area (Å²) in [6.07, 6.45) is 10.7. The van der Waals surface area contributed by atoms with Crippen LogP contribution in [0.15, 0.2) is 59.6 Å². The monoisotopic (exact) mass is 640 g/mol. The summed E-state index contributed by atoms with van der Waals surface area (Å²) >= 11 is 1.58. The summed E-state index contributed by atoms with van der Waals surface area (Å²) in [5.41, 5.74) is 4.67. The van der Waals surface area contributed by atoms with Crippen molar-refractivity contribution in [2.45, 2.75) is 68.4 Å². The standard InChI is InChI=1S/C31H38F2N8O3S/c1-20(2)45-22-6-7-26(44-31(32)33)23(16-22)28-25(36-30(43)24-17-35-41-13-5-10-34-29(24)41)18-40(37-28)19-27(42)39-14-8-21(9-15-39)38-11-3-4-12-38/h5-7,10,13,16-18,20-21,28,31,37H,3-4,8-9,11-12,14-15,19H2,1-2H3,(H,36,43). The van der Waals surface area contributed by atoms with Crippen LogP contribution in [0.2, 0.25) is 0 Å². The maximum atomic E-state index is 13.5. The van der Waals surface area contributed by atoms with Crippen LogP contribution in [0, 0.1) is 0 Å². The Kier molecular flexibility index (Phi) is 9.52. The van der Waals surface area contributed by atoms with Gasteiger partial charge in [0.2, 0.25) is 5.91 Å². The summed E-state index contributed by atoms with van der Waals surface area (Å²) in [5.74, 6) is -0.543. The first-order chi connectivity index (χ1) is 21.7. The molecule has 0 aliphatic carbocycles. The van der Waals surface area contributed by atoms with E-state index >= 15 is 0 Å². The zero-order valence-electron chi connectivity index (χ0n) is 25.4. The molecule has 11 nitrogen and oxygen atoms in total. The van der Waals surface area contributed by atoms with E-state index in [0.717, 1.165) is 30.8 Å². The van der Waals surface area contributed by atoms with E-state index in [-0.39, 0.29) is 29.0 Å². The van der Waals surface area contributed by atoms with Crippen LogP contribution in [0.25, 0.3) is 5.65 Å². The number of ether oxygens (including phenoxy) is 1. The van der Waals surface area contributed by atoms with Crippen LogP contribution in [-0.2, 0) is 4.79 Å². The van der Waals surface area contributed by atoms with Gasteiger partial charge in [-0.25, -0.2) is 14.9 Å². The minimum Gasteiger partial charge on any atom is -0.434 e. The van der Waals surface area contributed by atoms with Crippen LogP contribution < -0.4 is 15.5 Å². The third kappa shape index (κ3) is 7.23. The Balaban J connectivity index is 1.24. The molecule has 2 aromatic heterocycles. The predicted molar refractivity (Wildman–Crippen MR) is 166 cm³/mol. The van der Waals surface area contributed by atoms with Gasteiger partial charge in [-0.15, -0.1) is 11.8 Å². The fourth-order valence-electron chi connectivity index (χ4n) is 6.27. The first kappa shape index (κ1) is 31.2. The lowest BCUT2D eigenvalue weighted by molar-refractivity contribution is -0.133. The number of amides is 2. The zero-order chi connectivity index (χ0) is 31.5. The smallest absolute Gasteiger partial charge is 0.387 e. The molecule has 0 radical (unpaired) electrons. The van der Waals surface area contributed by atoms with Crippen LogP contribution in [0.4, 0.5) is 8.78 Å². The number of carbonyl (C=O) groups is 2. The number of alkyl halides is 2. The number of piperidine rings is 1. The largest absolute Gasteiger partial charge is 0.434 e. The lowest BCUT2D eigenvalue weighted by atomic mass is 10.0. The van der Waals surface area contributed by atoms with Gasteiger partial charge in [0.25, 0.3) is 5.91 Å². The number of nitrogens with zero attached hydrogens (tertiary/aromatic N) is 6. The van der Waals surface area contributed by atoms with Crippen LogP contribution in [0.5, 0.6) is 5.75 Å².